The van der Waals surface area contributed by atoms with Gasteiger partial charge in [0.05, 0.1) is 33.8 Å². The Morgan fingerprint density at radius 1 is 0.617 bits per heavy atom. The molecule has 10 nitrogen and oxygen atoms in total. The van der Waals surface area contributed by atoms with Gasteiger partial charge < -0.3 is 39.4 Å². The highest BCUT2D eigenvalue weighted by atomic mass is 16.6. The molecule has 312 valence electrons. The van der Waals surface area contributed by atoms with Crippen molar-refractivity contribution in [1.82, 2.24) is 0 Å². The first-order valence-corrected chi connectivity index (χ1v) is 20.5. The number of aromatic hydroxyl groups is 2. The predicted molar refractivity (Wildman–Crippen MR) is 235 cm³/mol. The number of nitrogens with zero attached hydrogens (tertiary/aromatic N) is 2. The van der Waals surface area contributed by atoms with Crippen LogP contribution in [0.15, 0.2) is 81.8 Å². The van der Waals surface area contributed by atoms with Crippen molar-refractivity contribution in [3.63, 3.8) is 0 Å². The van der Waals surface area contributed by atoms with E-state index in [1.807, 2.05) is 77.9 Å². The maximum atomic E-state index is 12.0. The quantitative estimate of drug-likeness (QED) is 0.129. The zero-order chi connectivity index (χ0) is 43.0. The van der Waals surface area contributed by atoms with Crippen LogP contribution >= 0.6 is 0 Å². The lowest BCUT2D eigenvalue weighted by molar-refractivity contribution is -0.0655. The maximum Gasteiger partial charge on any atom is 0.171 e. The Kier molecular flexibility index (Phi) is 10.2. The average Bonchev–Trinajstić information content (AvgIpc) is 3.77. The van der Waals surface area contributed by atoms with Gasteiger partial charge in [0.2, 0.25) is 0 Å². The summed E-state index contributed by atoms with van der Waals surface area (Å²) < 4.78 is 25.7. The van der Waals surface area contributed by atoms with E-state index in [4.69, 9.17) is 28.9 Å². The summed E-state index contributed by atoms with van der Waals surface area (Å²) in [7, 11) is 0. The summed E-state index contributed by atoms with van der Waals surface area (Å²) >= 11 is 0. The number of hydrogen-bond acceptors (Lipinski definition) is 10. The summed E-state index contributed by atoms with van der Waals surface area (Å²) in [5, 5.41) is 46.0. The predicted octanol–water partition coefficient (Wildman–Crippen LogP) is 9.08. The highest BCUT2D eigenvalue weighted by Gasteiger charge is 2.41. The molecule has 0 bridgehead atoms. The number of rotatable bonds is 8. The Labute approximate surface area is 351 Å². The van der Waals surface area contributed by atoms with Crippen LogP contribution in [0.1, 0.15) is 111 Å². The van der Waals surface area contributed by atoms with E-state index in [-0.39, 0.29) is 24.7 Å². The Morgan fingerprint density at radius 3 is 1.35 bits per heavy atom. The molecule has 4 heterocycles. The van der Waals surface area contributed by atoms with Crippen LogP contribution in [0.3, 0.4) is 0 Å². The Morgan fingerprint density at radius 2 is 1.00 bits per heavy atom. The first-order valence-electron chi connectivity index (χ1n) is 20.5. The topological polar surface area (TPSA) is 143 Å². The molecule has 0 aromatic heterocycles. The molecular weight excluding hydrogens is 757 g/mol. The molecule has 4 aliphatic heterocycles. The molecule has 0 aliphatic carbocycles. The van der Waals surface area contributed by atoms with Crippen molar-refractivity contribution in [2.24, 2.45) is 9.98 Å². The van der Waals surface area contributed by atoms with Crippen LogP contribution < -0.4 is 18.9 Å². The minimum Gasteiger partial charge on any atom is -0.507 e. The van der Waals surface area contributed by atoms with Gasteiger partial charge in [-0.1, -0.05) is 35.4 Å². The fourth-order valence-corrected chi connectivity index (χ4v) is 8.11. The number of phenolic OH excluding ortho intramolecular Hbond substituents is 2. The molecule has 0 spiro atoms. The van der Waals surface area contributed by atoms with Gasteiger partial charge in [0.1, 0.15) is 36.1 Å². The van der Waals surface area contributed by atoms with E-state index in [9.17, 15) is 20.4 Å². The maximum absolute atomic E-state index is 12.0. The molecule has 0 saturated carbocycles. The molecule has 8 rings (SSSR count). The van der Waals surface area contributed by atoms with Crippen LogP contribution in [0.5, 0.6) is 34.5 Å². The van der Waals surface area contributed by atoms with Crippen LogP contribution in [0.2, 0.25) is 0 Å². The number of allylic oxidation sites excluding steroid dienone is 4. The average molecular weight is 811 g/mol. The third-order valence-electron chi connectivity index (χ3n) is 11.4. The molecule has 0 unspecified atom stereocenters. The smallest absolute Gasteiger partial charge is 0.171 e. The lowest BCUT2D eigenvalue weighted by Crippen LogP contribution is -2.46. The van der Waals surface area contributed by atoms with Crippen molar-refractivity contribution in [2.75, 3.05) is 13.2 Å². The number of phenols is 2. The molecule has 0 radical (unpaired) electrons. The molecule has 60 heavy (non-hydrogen) atoms. The normalized spacial score (nSPS) is 19.0. The number of hydrogen-bond donors (Lipinski definition) is 4. The minimum absolute atomic E-state index is 0.00308. The van der Waals surface area contributed by atoms with Gasteiger partial charge in [-0.05, 0) is 141 Å². The molecule has 10 heteroatoms. The van der Waals surface area contributed by atoms with E-state index in [0.717, 1.165) is 33.4 Å². The fraction of sp³-hybridized carbons (Fsp3) is 0.360. The SMILES string of the molecule is CC(C)=CCc1ccc(O)c2c1C(c1cc(C)cc3c1O[C@H](C(C)(C)O)CO3)=N/C2=C1/N=C(c2cc(C)cc3c2O[C@H](C(C)(C)O)CO3)c2c(CC=C(C)C)ccc(O)c21. The standard InChI is InChI=1S/C50H54N2O8/c1-25(2)11-13-29-15-17-33(53)41-39(29)43(31-19-27(5)21-35-47(31)59-37(23-57-35)49(7,8)55)51-45(41)46-42-34(54)18-16-30(14-12-26(3)4)40(42)44(52-46)32-20-28(6)22-36-48(32)60-38(24-58-36)50(9,10)56/h11-12,15-22,37-38,53-56H,13-14,23-24H2,1-10H3/b46-45+/t37-,38-/m0/s1. The second-order valence-corrected chi connectivity index (χ2v) is 18.0. The van der Waals surface area contributed by atoms with Crippen LogP contribution in [0.25, 0.3) is 11.4 Å². The summed E-state index contributed by atoms with van der Waals surface area (Å²) in [6.07, 6.45) is 4.07. The fourth-order valence-electron chi connectivity index (χ4n) is 8.11. The molecule has 4 aromatic carbocycles. The van der Waals surface area contributed by atoms with Gasteiger partial charge in [-0.25, -0.2) is 9.98 Å². The number of aliphatic imine (C=N–C) groups is 2. The molecule has 4 N–H and O–H groups in total. The summed E-state index contributed by atoms with van der Waals surface area (Å²) in [5.41, 5.74) is 9.02. The zero-order valence-corrected chi connectivity index (χ0v) is 36.1. The van der Waals surface area contributed by atoms with E-state index < -0.39 is 23.4 Å². The van der Waals surface area contributed by atoms with Crippen molar-refractivity contribution >= 4 is 22.8 Å². The van der Waals surface area contributed by atoms with Crippen molar-refractivity contribution in [3.8, 4) is 34.5 Å². The van der Waals surface area contributed by atoms with Gasteiger partial charge >= 0.3 is 0 Å². The van der Waals surface area contributed by atoms with E-state index in [2.05, 4.69) is 12.2 Å². The third-order valence-corrected chi connectivity index (χ3v) is 11.4. The van der Waals surface area contributed by atoms with Crippen LogP contribution in [0, 0.1) is 13.8 Å². The van der Waals surface area contributed by atoms with E-state index in [1.165, 1.54) is 0 Å². The molecule has 2 atom stereocenters. The van der Waals surface area contributed by atoms with E-state index in [0.29, 0.717) is 92.0 Å². The highest BCUT2D eigenvalue weighted by molar-refractivity contribution is 6.29. The van der Waals surface area contributed by atoms with E-state index >= 15 is 0 Å². The van der Waals surface area contributed by atoms with Gasteiger partial charge in [-0.15, -0.1) is 0 Å². The second kappa shape index (κ2) is 15.0. The first kappa shape index (κ1) is 40.9. The van der Waals surface area contributed by atoms with E-state index in [1.54, 1.807) is 39.8 Å². The molecule has 4 aliphatic rings. The summed E-state index contributed by atoms with van der Waals surface area (Å²) in [4.78, 5) is 10.8. The highest BCUT2D eigenvalue weighted by Crippen LogP contribution is 2.52. The second-order valence-electron chi connectivity index (χ2n) is 18.0. The minimum atomic E-state index is -1.20. The summed E-state index contributed by atoms with van der Waals surface area (Å²) in [6, 6.07) is 15.0. The van der Waals surface area contributed by atoms with Crippen molar-refractivity contribution in [2.45, 2.75) is 105 Å². The Balaban J connectivity index is 1.46. The first-order chi connectivity index (χ1) is 28.3. The molecule has 0 fully saturated rings. The van der Waals surface area contributed by atoms with Gasteiger partial charge in [-0.2, -0.15) is 0 Å². The van der Waals surface area contributed by atoms with Crippen LogP contribution in [0.4, 0.5) is 0 Å². The molecular formula is C50H54N2O8. The van der Waals surface area contributed by atoms with Crippen LogP contribution in [-0.2, 0) is 12.8 Å². The van der Waals surface area contributed by atoms with Crippen molar-refractivity contribution < 1.29 is 39.4 Å². The van der Waals surface area contributed by atoms with Gasteiger partial charge in [-0.3, -0.25) is 0 Å². The van der Waals surface area contributed by atoms with Gasteiger partial charge in [0, 0.05) is 22.3 Å². The van der Waals surface area contributed by atoms with Crippen molar-refractivity contribution in [3.05, 3.63) is 127 Å². The number of aryl methyl sites for hydroxylation is 2. The number of fused-ring (bicyclic) bond motifs is 4. The van der Waals surface area contributed by atoms with Crippen LogP contribution in [-0.4, -0.2) is 68.5 Å². The number of aliphatic hydroxyl groups is 2. The zero-order valence-electron chi connectivity index (χ0n) is 36.1. The number of benzene rings is 4. The summed E-state index contributed by atoms with van der Waals surface area (Å²) in [6.45, 7) is 19.3. The monoisotopic (exact) mass is 810 g/mol. The lowest BCUT2D eigenvalue weighted by atomic mass is 9.88. The number of ether oxygens (including phenoxy) is 4. The van der Waals surface area contributed by atoms with Gasteiger partial charge in [0.25, 0.3) is 0 Å². The van der Waals surface area contributed by atoms with Crippen molar-refractivity contribution in [1.29, 1.82) is 0 Å². The summed E-state index contributed by atoms with van der Waals surface area (Å²) in [5.74, 6) is 1.96. The Hall–Kier alpha value is -5.84. The Bertz CT molecular complexity index is 2430. The third kappa shape index (κ3) is 7.36. The lowest BCUT2D eigenvalue weighted by Gasteiger charge is -2.35. The van der Waals surface area contributed by atoms with Gasteiger partial charge in [0.15, 0.2) is 35.2 Å². The molecule has 4 aromatic rings. The molecule has 0 amide bonds. The largest absolute Gasteiger partial charge is 0.507 e. The molecule has 0 saturated heterocycles.